The van der Waals surface area contributed by atoms with Crippen LogP contribution in [0.2, 0.25) is 0 Å². The van der Waals surface area contributed by atoms with Gasteiger partial charge in [0.15, 0.2) is 11.6 Å². The van der Waals surface area contributed by atoms with E-state index in [9.17, 15) is 40.4 Å². The Morgan fingerprint density at radius 3 is 2.31 bits per heavy atom. The van der Waals surface area contributed by atoms with Gasteiger partial charge < -0.3 is 4.98 Å². The van der Waals surface area contributed by atoms with Crippen LogP contribution in [0.4, 0.5) is 32.0 Å². The van der Waals surface area contributed by atoms with Crippen molar-refractivity contribution in [2.24, 2.45) is 0 Å². The first kappa shape index (κ1) is 24.7. The topological polar surface area (TPSA) is 116 Å². The summed E-state index contributed by atoms with van der Waals surface area (Å²) in [6.45, 7) is 0. The molecule has 4 rings (SSSR count). The Morgan fingerprint density at radius 2 is 1.69 bits per heavy atom. The van der Waals surface area contributed by atoms with Crippen LogP contribution in [0.5, 0.6) is 0 Å². The van der Waals surface area contributed by atoms with E-state index in [1.165, 1.54) is 6.07 Å². The zero-order chi connectivity index (χ0) is 26.4. The molecule has 2 N–H and O–H groups in total. The number of ketones is 1. The molecular formula is C22H10F6N4O3S. The van der Waals surface area contributed by atoms with Crippen molar-refractivity contribution in [3.63, 3.8) is 0 Å². The van der Waals surface area contributed by atoms with Crippen LogP contribution >= 0.6 is 0 Å². The van der Waals surface area contributed by atoms with E-state index in [1.54, 1.807) is 4.72 Å². The predicted molar refractivity (Wildman–Crippen MR) is 113 cm³/mol. The minimum absolute atomic E-state index is 0.115. The minimum atomic E-state index is -4.72. The Bertz CT molecular complexity index is 1670. The number of anilines is 1. The number of sulfonamides is 1. The number of carbonyl (C=O) groups excluding carboxylic acids is 1. The maximum atomic E-state index is 15.2. The first-order chi connectivity index (χ1) is 16.8. The Hall–Kier alpha value is -4.38. The van der Waals surface area contributed by atoms with Gasteiger partial charge in [-0.25, -0.2) is 26.6 Å². The fourth-order valence-corrected chi connectivity index (χ4v) is 4.42. The van der Waals surface area contributed by atoms with Crippen molar-refractivity contribution < 1.29 is 39.6 Å². The molecular weight excluding hydrogens is 514 g/mol. The number of nitriles is 1. The summed E-state index contributed by atoms with van der Waals surface area (Å²) in [6, 6.07) is 5.06. The minimum Gasteiger partial charge on any atom is -0.345 e. The molecule has 0 aliphatic rings. The van der Waals surface area contributed by atoms with E-state index < -0.39 is 72.3 Å². The Kier molecular flexibility index (Phi) is 5.97. The molecule has 0 atom stereocenters. The molecule has 0 aliphatic heterocycles. The van der Waals surface area contributed by atoms with Gasteiger partial charge in [0.05, 0.1) is 38.9 Å². The van der Waals surface area contributed by atoms with E-state index in [-0.39, 0.29) is 11.0 Å². The second-order valence-corrected chi connectivity index (χ2v) is 8.94. The quantitative estimate of drug-likeness (QED) is 0.285. The summed E-state index contributed by atoms with van der Waals surface area (Å²) in [4.78, 5) is 18.5. The maximum Gasteiger partial charge on any atom is 0.416 e. The third-order valence-corrected chi connectivity index (χ3v) is 6.45. The lowest BCUT2D eigenvalue weighted by molar-refractivity contribution is -0.137. The molecule has 184 valence electrons. The van der Waals surface area contributed by atoms with Gasteiger partial charge in [0.25, 0.3) is 10.0 Å². The van der Waals surface area contributed by atoms with Crippen molar-refractivity contribution in [1.29, 1.82) is 5.26 Å². The predicted octanol–water partition coefficient (Wildman–Crippen LogP) is 4.90. The number of nitrogens with one attached hydrogen (secondary N) is 2. The van der Waals surface area contributed by atoms with Gasteiger partial charge in [-0.2, -0.15) is 18.4 Å². The number of rotatable bonds is 5. The number of aromatic amines is 1. The molecule has 0 spiro atoms. The number of alkyl halides is 3. The number of fused-ring (bicyclic) bond motifs is 1. The van der Waals surface area contributed by atoms with Crippen LogP contribution in [-0.2, 0) is 16.2 Å². The third-order valence-electron chi connectivity index (χ3n) is 5.07. The van der Waals surface area contributed by atoms with Crippen molar-refractivity contribution in [3.8, 4) is 6.07 Å². The van der Waals surface area contributed by atoms with Gasteiger partial charge >= 0.3 is 6.18 Å². The number of halogens is 6. The van der Waals surface area contributed by atoms with Crippen molar-refractivity contribution in [3.05, 3.63) is 88.5 Å². The zero-order valence-corrected chi connectivity index (χ0v) is 18.2. The Labute approximate surface area is 198 Å². The highest BCUT2D eigenvalue weighted by molar-refractivity contribution is 7.92. The Balaban J connectivity index is 1.75. The molecule has 7 nitrogen and oxygen atoms in total. The van der Waals surface area contributed by atoms with Gasteiger partial charge in [-0.05, 0) is 36.4 Å². The number of aromatic nitrogens is 2. The van der Waals surface area contributed by atoms with Crippen LogP contribution < -0.4 is 4.72 Å². The molecule has 0 saturated carbocycles. The SMILES string of the molecule is N#Cc1c(F)cnc2[nH]cc(C(=O)c3c(F)ccc(NS(=O)(=O)c4ccc(C(F)(F)F)cc4)c3F)c12. The molecule has 14 heteroatoms. The molecule has 2 aromatic carbocycles. The summed E-state index contributed by atoms with van der Waals surface area (Å²) in [6.07, 6.45) is -3.05. The lowest BCUT2D eigenvalue weighted by atomic mass is 9.99. The van der Waals surface area contributed by atoms with Gasteiger partial charge in [0.2, 0.25) is 5.78 Å². The van der Waals surface area contributed by atoms with E-state index in [1.807, 2.05) is 0 Å². The van der Waals surface area contributed by atoms with Crippen molar-refractivity contribution >= 4 is 32.5 Å². The largest absolute Gasteiger partial charge is 0.416 e. The van der Waals surface area contributed by atoms with E-state index in [0.29, 0.717) is 42.6 Å². The highest BCUT2D eigenvalue weighted by atomic mass is 32.2. The highest BCUT2D eigenvalue weighted by Crippen LogP contribution is 2.32. The molecule has 0 aliphatic carbocycles. The highest BCUT2D eigenvalue weighted by Gasteiger charge is 2.31. The van der Waals surface area contributed by atoms with Gasteiger partial charge in [-0.1, -0.05) is 0 Å². The first-order valence-corrected chi connectivity index (χ1v) is 11.1. The fraction of sp³-hybridized carbons (Fsp3) is 0.0455. The van der Waals surface area contributed by atoms with Gasteiger partial charge in [0.1, 0.15) is 23.1 Å². The van der Waals surface area contributed by atoms with E-state index in [2.05, 4.69) is 9.97 Å². The second-order valence-electron chi connectivity index (χ2n) is 7.26. The molecule has 36 heavy (non-hydrogen) atoms. The van der Waals surface area contributed by atoms with Crippen molar-refractivity contribution in [2.45, 2.75) is 11.1 Å². The normalized spacial score (nSPS) is 11.9. The van der Waals surface area contributed by atoms with E-state index in [0.717, 1.165) is 6.20 Å². The Morgan fingerprint density at radius 1 is 1.03 bits per heavy atom. The number of carbonyl (C=O) groups is 1. The lowest BCUT2D eigenvalue weighted by Crippen LogP contribution is -2.17. The molecule has 2 heterocycles. The van der Waals surface area contributed by atoms with Gasteiger partial charge in [-0.3, -0.25) is 9.52 Å². The summed E-state index contributed by atoms with van der Waals surface area (Å²) in [7, 11) is -4.66. The first-order valence-electron chi connectivity index (χ1n) is 9.63. The molecule has 0 bridgehead atoms. The number of pyridine rings is 1. The second kappa shape index (κ2) is 8.68. The number of hydrogen-bond acceptors (Lipinski definition) is 5. The average molecular weight is 524 g/mol. The summed E-state index contributed by atoms with van der Waals surface area (Å²) in [5.41, 5.74) is -4.46. The molecule has 0 radical (unpaired) electrons. The number of H-pyrrole nitrogens is 1. The smallest absolute Gasteiger partial charge is 0.345 e. The number of hydrogen-bond donors (Lipinski definition) is 2. The monoisotopic (exact) mass is 524 g/mol. The molecule has 0 fully saturated rings. The summed E-state index contributed by atoms with van der Waals surface area (Å²) >= 11 is 0. The fourth-order valence-electron chi connectivity index (χ4n) is 3.36. The summed E-state index contributed by atoms with van der Waals surface area (Å²) in [5.74, 6) is -5.48. The summed E-state index contributed by atoms with van der Waals surface area (Å²) < 4.78 is 109. The lowest BCUT2D eigenvalue weighted by Gasteiger charge is -2.13. The van der Waals surface area contributed by atoms with Crippen LogP contribution in [0.1, 0.15) is 27.0 Å². The van der Waals surface area contributed by atoms with Crippen LogP contribution in [0.3, 0.4) is 0 Å². The van der Waals surface area contributed by atoms with Crippen LogP contribution in [0.15, 0.2) is 53.7 Å². The van der Waals surface area contributed by atoms with E-state index in [4.69, 9.17) is 0 Å². The average Bonchev–Trinajstić information content (AvgIpc) is 3.24. The third kappa shape index (κ3) is 4.24. The van der Waals surface area contributed by atoms with Crippen molar-refractivity contribution in [2.75, 3.05) is 4.72 Å². The molecule has 0 saturated heterocycles. The summed E-state index contributed by atoms with van der Waals surface area (Å²) in [5, 5.41) is 8.90. The molecule has 0 amide bonds. The van der Waals surface area contributed by atoms with E-state index >= 15 is 4.39 Å². The van der Waals surface area contributed by atoms with Crippen LogP contribution in [-0.4, -0.2) is 24.2 Å². The molecule has 0 unspecified atom stereocenters. The molecule has 4 aromatic rings. The van der Waals surface area contributed by atoms with Gasteiger partial charge in [-0.15, -0.1) is 0 Å². The molecule has 2 aromatic heterocycles. The number of benzene rings is 2. The number of nitrogens with zero attached hydrogens (tertiary/aromatic N) is 2. The maximum absolute atomic E-state index is 15.2. The van der Waals surface area contributed by atoms with Gasteiger partial charge in [0, 0.05) is 6.20 Å². The van der Waals surface area contributed by atoms with Crippen LogP contribution in [0, 0.1) is 28.8 Å². The standard InChI is InChI=1S/C22H10F6N4O3S/c23-14-5-6-16(32-36(34,35)11-3-1-10(2-4-11)22(26,27)28)19(25)18(14)20(33)13-8-30-21-17(13)12(7-29)15(24)9-31-21/h1-6,8-9,32H,(H,30,31). The van der Waals surface area contributed by atoms with Crippen molar-refractivity contribution in [1.82, 2.24) is 9.97 Å². The van der Waals surface area contributed by atoms with Crippen LogP contribution in [0.25, 0.3) is 11.0 Å². The zero-order valence-electron chi connectivity index (χ0n) is 17.4.